The van der Waals surface area contributed by atoms with Crippen LogP contribution in [0.3, 0.4) is 0 Å². The predicted molar refractivity (Wildman–Crippen MR) is 54.6 cm³/mol. The Labute approximate surface area is 70.6 Å². The van der Waals surface area contributed by atoms with Crippen molar-refractivity contribution in [2.24, 2.45) is 0 Å². The van der Waals surface area contributed by atoms with E-state index in [-0.39, 0.29) is 0 Å². The molecule has 0 N–H and O–H groups in total. The lowest BCUT2D eigenvalue weighted by Crippen LogP contribution is -1.80. The lowest BCUT2D eigenvalue weighted by atomic mass is 10.1. The molecule has 11 heavy (non-hydrogen) atoms. The van der Waals surface area contributed by atoms with Gasteiger partial charge in [0.15, 0.2) is 0 Å². The van der Waals surface area contributed by atoms with Crippen molar-refractivity contribution < 1.29 is 0 Å². The molecule has 0 aliphatic rings. The number of allylic oxidation sites excluding steroid dienone is 4. The highest BCUT2D eigenvalue weighted by molar-refractivity contribution is 5.35. The van der Waals surface area contributed by atoms with Crippen LogP contribution in [0.15, 0.2) is 49.6 Å². The van der Waals surface area contributed by atoms with E-state index in [2.05, 4.69) is 39.3 Å². The highest BCUT2D eigenvalue weighted by Crippen LogP contribution is 2.11. The topological polar surface area (TPSA) is 0 Å². The van der Waals surface area contributed by atoms with Crippen LogP contribution in [0.5, 0.6) is 0 Å². The van der Waals surface area contributed by atoms with Gasteiger partial charge in [0.1, 0.15) is 0 Å². The van der Waals surface area contributed by atoms with E-state index < -0.39 is 0 Å². The molecule has 0 spiro atoms. The van der Waals surface area contributed by atoms with E-state index in [0.717, 1.165) is 12.0 Å². The van der Waals surface area contributed by atoms with Crippen molar-refractivity contribution in [2.75, 3.05) is 0 Å². The smallest absolute Gasteiger partial charge is 0.0305 e. The standard InChI is InChI=1S/C9H14.C2H4/c1-5-8(4)9(6-2)7-3;1-2/h5-6H,1,4,7H2,2-3H3;1-2H2/b9-6-;. The summed E-state index contributed by atoms with van der Waals surface area (Å²) < 4.78 is 0. The second-order valence-electron chi connectivity index (χ2n) is 1.90. The molecule has 0 aliphatic carbocycles. The van der Waals surface area contributed by atoms with Gasteiger partial charge < -0.3 is 0 Å². The summed E-state index contributed by atoms with van der Waals surface area (Å²) in [4.78, 5) is 0. The van der Waals surface area contributed by atoms with Crippen LogP contribution in [0.1, 0.15) is 20.3 Å². The summed E-state index contributed by atoms with van der Waals surface area (Å²) in [5.41, 5.74) is 2.32. The molecular formula is C11H18. The minimum atomic E-state index is 1.04. The van der Waals surface area contributed by atoms with E-state index in [9.17, 15) is 0 Å². The molecule has 0 radical (unpaired) electrons. The molecule has 0 aromatic heterocycles. The van der Waals surface area contributed by atoms with Gasteiger partial charge in [-0.1, -0.05) is 32.2 Å². The Kier molecular flexibility index (Phi) is 10.3. The van der Waals surface area contributed by atoms with E-state index in [0.29, 0.717) is 0 Å². The quantitative estimate of drug-likeness (QED) is 0.423. The minimum absolute atomic E-state index is 1.04. The monoisotopic (exact) mass is 150 g/mol. The van der Waals surface area contributed by atoms with Gasteiger partial charge in [-0.05, 0) is 24.5 Å². The van der Waals surface area contributed by atoms with Gasteiger partial charge in [-0.25, -0.2) is 0 Å². The molecule has 62 valence electrons. The Morgan fingerprint density at radius 2 is 1.82 bits per heavy atom. The molecule has 0 nitrogen and oxygen atoms in total. The van der Waals surface area contributed by atoms with Gasteiger partial charge in [0.25, 0.3) is 0 Å². The zero-order chi connectivity index (χ0) is 9.28. The highest BCUT2D eigenvalue weighted by Gasteiger charge is 1.91. The molecule has 0 atom stereocenters. The minimum Gasteiger partial charge on any atom is -0.106 e. The molecule has 0 fully saturated rings. The molecule has 0 rings (SSSR count). The number of hydrogen-bond acceptors (Lipinski definition) is 0. The van der Waals surface area contributed by atoms with Gasteiger partial charge in [0.05, 0.1) is 0 Å². The van der Waals surface area contributed by atoms with E-state index in [1.165, 1.54) is 5.57 Å². The summed E-state index contributed by atoms with van der Waals surface area (Å²) >= 11 is 0. The molecule has 0 heteroatoms. The second kappa shape index (κ2) is 8.96. The molecule has 0 saturated heterocycles. The fraction of sp³-hybridized carbons (Fsp3) is 0.273. The summed E-state index contributed by atoms with van der Waals surface area (Å²) in [5.74, 6) is 0. The Balaban J connectivity index is 0. The first-order valence-corrected chi connectivity index (χ1v) is 3.73. The molecule has 0 unspecified atom stereocenters. The van der Waals surface area contributed by atoms with Crippen LogP contribution in [0, 0.1) is 0 Å². The van der Waals surface area contributed by atoms with Crippen molar-refractivity contribution in [3.8, 4) is 0 Å². The second-order valence-corrected chi connectivity index (χ2v) is 1.90. The number of rotatable bonds is 3. The first kappa shape index (κ1) is 12.6. The zero-order valence-corrected chi connectivity index (χ0v) is 7.69. The van der Waals surface area contributed by atoms with E-state index in [4.69, 9.17) is 0 Å². The summed E-state index contributed by atoms with van der Waals surface area (Å²) in [6.45, 7) is 17.6. The summed E-state index contributed by atoms with van der Waals surface area (Å²) in [6, 6.07) is 0. The summed E-state index contributed by atoms with van der Waals surface area (Å²) in [6.07, 6.45) is 4.91. The zero-order valence-electron chi connectivity index (χ0n) is 7.69. The third-order valence-electron chi connectivity index (χ3n) is 1.39. The van der Waals surface area contributed by atoms with Crippen LogP contribution in [-0.4, -0.2) is 0 Å². The Bertz CT molecular complexity index is 149. The molecular weight excluding hydrogens is 132 g/mol. The molecule has 0 bridgehead atoms. The van der Waals surface area contributed by atoms with Gasteiger partial charge in [0, 0.05) is 0 Å². The molecule has 0 aliphatic heterocycles. The molecule has 0 saturated carbocycles. The maximum Gasteiger partial charge on any atom is -0.0305 e. The average molecular weight is 150 g/mol. The Morgan fingerprint density at radius 1 is 1.36 bits per heavy atom. The molecule has 0 aromatic carbocycles. The van der Waals surface area contributed by atoms with Gasteiger partial charge in [-0.15, -0.1) is 13.2 Å². The Morgan fingerprint density at radius 3 is 1.91 bits per heavy atom. The van der Waals surface area contributed by atoms with Crippen molar-refractivity contribution in [1.29, 1.82) is 0 Å². The van der Waals surface area contributed by atoms with E-state index in [1.807, 2.05) is 6.92 Å². The molecule has 0 heterocycles. The van der Waals surface area contributed by atoms with Crippen molar-refractivity contribution in [3.05, 3.63) is 49.6 Å². The maximum atomic E-state index is 3.83. The van der Waals surface area contributed by atoms with Crippen molar-refractivity contribution in [3.63, 3.8) is 0 Å². The predicted octanol–water partition coefficient (Wildman–Crippen LogP) is 3.89. The van der Waals surface area contributed by atoms with Gasteiger partial charge in [0.2, 0.25) is 0 Å². The first-order valence-electron chi connectivity index (χ1n) is 3.73. The normalized spacial score (nSPS) is 9.45. The van der Waals surface area contributed by atoms with Crippen LogP contribution in [0.2, 0.25) is 0 Å². The van der Waals surface area contributed by atoms with Gasteiger partial charge in [-0.3, -0.25) is 0 Å². The van der Waals surface area contributed by atoms with Crippen molar-refractivity contribution in [2.45, 2.75) is 20.3 Å². The largest absolute Gasteiger partial charge is 0.106 e. The third-order valence-corrected chi connectivity index (χ3v) is 1.39. The van der Waals surface area contributed by atoms with Crippen LogP contribution in [0.4, 0.5) is 0 Å². The van der Waals surface area contributed by atoms with E-state index >= 15 is 0 Å². The third kappa shape index (κ3) is 5.41. The van der Waals surface area contributed by atoms with Crippen LogP contribution >= 0.6 is 0 Å². The van der Waals surface area contributed by atoms with Gasteiger partial charge in [-0.2, -0.15) is 0 Å². The fourth-order valence-corrected chi connectivity index (χ4v) is 0.748. The first-order chi connectivity index (χ1) is 5.26. The lowest BCUT2D eigenvalue weighted by molar-refractivity contribution is 1.12. The van der Waals surface area contributed by atoms with Crippen LogP contribution in [0.25, 0.3) is 0 Å². The maximum absolute atomic E-state index is 3.83. The van der Waals surface area contributed by atoms with Crippen LogP contribution < -0.4 is 0 Å². The average Bonchev–Trinajstić information content (AvgIpc) is 2.10. The van der Waals surface area contributed by atoms with Crippen molar-refractivity contribution >= 4 is 0 Å². The Hall–Kier alpha value is -1.04. The molecule has 0 amide bonds. The summed E-state index contributed by atoms with van der Waals surface area (Å²) in [7, 11) is 0. The van der Waals surface area contributed by atoms with Gasteiger partial charge >= 0.3 is 0 Å². The lowest BCUT2D eigenvalue weighted by Gasteiger charge is -2.00. The number of hydrogen-bond donors (Lipinski definition) is 0. The molecule has 0 aromatic rings. The summed E-state index contributed by atoms with van der Waals surface area (Å²) in [5, 5.41) is 0. The van der Waals surface area contributed by atoms with Crippen molar-refractivity contribution in [1.82, 2.24) is 0 Å². The van der Waals surface area contributed by atoms with Crippen LogP contribution in [-0.2, 0) is 0 Å². The highest BCUT2D eigenvalue weighted by atomic mass is 14.0. The SMILES string of the molecule is C=C.C=CC(=C)/C(=C\C)CC. The van der Waals surface area contributed by atoms with E-state index in [1.54, 1.807) is 6.08 Å². The fourth-order valence-electron chi connectivity index (χ4n) is 0.748.